The summed E-state index contributed by atoms with van der Waals surface area (Å²) in [5, 5.41) is 19.7. The molecule has 30 aromatic rings. The van der Waals surface area contributed by atoms with Gasteiger partial charge in [-0.25, -0.2) is 4.85 Å². The maximum Gasteiger partial charge on any atom is 0.188 e. The predicted molar refractivity (Wildman–Crippen MR) is 625 cm³/mol. The summed E-state index contributed by atoms with van der Waals surface area (Å²) in [4.78, 5) is 3.76. The minimum absolute atomic E-state index is 0.645. The van der Waals surface area contributed by atoms with Crippen LogP contribution in [-0.4, -0.2) is 27.4 Å². The summed E-state index contributed by atoms with van der Waals surface area (Å²) in [5.41, 5.74) is 38.7. The summed E-state index contributed by atoms with van der Waals surface area (Å²) >= 11 is 0. The second kappa shape index (κ2) is 35.9. The lowest BCUT2D eigenvalue weighted by molar-refractivity contribution is 1.18. The van der Waals surface area contributed by atoms with Crippen molar-refractivity contribution in [3.05, 3.63) is 563 Å². The van der Waals surface area contributed by atoms with Gasteiger partial charge in [0.15, 0.2) is 5.69 Å². The first-order valence-corrected chi connectivity index (χ1v) is 50.6. The third-order valence-corrected chi connectivity index (χ3v) is 30.1. The standard InChI is InChI=1S/C49H31N3.2C46H30N2/c1-50-39-23-27-48-45(32-39)44-30-37(22-26-47(44)51(48)40-16-7-3-8-17-40)36-21-25-46-43(29-36)42-24-20-38(31-49(42)52(46)41-18-9-4-10-19-41)35-15-11-14-34(28-35)33-12-5-2-6-13-33;1-2-11-31(12-3-1)34-15-10-16-37(27-34)47-43-19-8-6-17-39(43)41-29-35(22-25-45(41)47)36-23-26-46-42(30-36)40-18-7-9-20-44(40)48(46)38-24-21-32-13-4-5-14-33(32)28-38;1-2-10-31(11-3-1)33-18-23-37(24-19-33)47-43-16-8-6-14-39(43)41-29-35(21-26-45(41)47)36-22-27-46-42(30-36)40-15-7-9-17-44(40)48(46)38-25-20-32-12-4-5-13-34(32)28-38/h2-32H;2*1-30H. The molecule has 148 heavy (non-hydrogen) atoms. The molecule has 0 saturated carbocycles. The van der Waals surface area contributed by atoms with E-state index in [1.807, 2.05) is 18.2 Å². The Bertz CT molecular complexity index is 10600. The van der Waals surface area contributed by atoms with E-state index in [4.69, 9.17) is 6.57 Å². The van der Waals surface area contributed by atoms with Gasteiger partial charge in [0.25, 0.3) is 0 Å². The summed E-state index contributed by atoms with van der Waals surface area (Å²) in [6.07, 6.45) is 0. The molecule has 0 aliphatic carbocycles. The Hall–Kier alpha value is -19.9. The number of hydrogen-bond acceptors (Lipinski definition) is 0. The van der Waals surface area contributed by atoms with Crippen LogP contribution in [0.25, 0.3) is 269 Å². The van der Waals surface area contributed by atoms with Crippen LogP contribution in [0.15, 0.2) is 552 Å². The van der Waals surface area contributed by atoms with E-state index in [9.17, 15) is 0 Å². The van der Waals surface area contributed by atoms with Crippen LogP contribution >= 0.6 is 0 Å². The zero-order valence-corrected chi connectivity index (χ0v) is 80.7. The molecule has 0 atom stereocenters. The normalized spacial score (nSPS) is 11.6. The smallest absolute Gasteiger partial charge is 0.188 e. The molecule has 0 saturated heterocycles. The van der Waals surface area contributed by atoms with Crippen molar-refractivity contribution in [3.8, 4) is 112 Å². The van der Waals surface area contributed by atoms with Gasteiger partial charge in [-0.1, -0.05) is 358 Å². The molecule has 0 spiro atoms. The van der Waals surface area contributed by atoms with Gasteiger partial charge in [0, 0.05) is 93.4 Å². The molecule has 6 heterocycles. The highest BCUT2D eigenvalue weighted by molar-refractivity contribution is 6.18. The van der Waals surface area contributed by atoms with Crippen molar-refractivity contribution >= 4 is 158 Å². The Balaban J connectivity index is 0.000000107. The number of hydrogen-bond donors (Lipinski definition) is 0. The van der Waals surface area contributed by atoms with Crippen LogP contribution in [0.4, 0.5) is 5.69 Å². The van der Waals surface area contributed by atoms with Crippen molar-refractivity contribution in [1.82, 2.24) is 27.4 Å². The highest BCUT2D eigenvalue weighted by atomic mass is 15.0. The first-order valence-electron chi connectivity index (χ1n) is 50.6. The lowest BCUT2D eigenvalue weighted by Crippen LogP contribution is -1.94. The van der Waals surface area contributed by atoms with E-state index in [2.05, 4.69) is 566 Å². The lowest BCUT2D eigenvalue weighted by atomic mass is 9.97. The number of para-hydroxylation sites is 6. The van der Waals surface area contributed by atoms with Gasteiger partial charge < -0.3 is 27.4 Å². The molecule has 0 unspecified atom stereocenters. The van der Waals surface area contributed by atoms with Gasteiger partial charge in [-0.3, -0.25) is 0 Å². The molecule has 0 N–H and O–H groups in total. The molecule has 0 amide bonds. The number of aromatic nitrogens is 6. The second-order valence-electron chi connectivity index (χ2n) is 38.5. The molecule has 24 aromatic carbocycles. The monoisotopic (exact) mass is 1880 g/mol. The number of rotatable bonds is 13. The van der Waals surface area contributed by atoms with Crippen LogP contribution in [-0.2, 0) is 0 Å². The Morgan fingerprint density at radius 3 is 0.730 bits per heavy atom. The molecule has 0 aliphatic heterocycles. The van der Waals surface area contributed by atoms with E-state index in [-0.39, 0.29) is 0 Å². The van der Waals surface area contributed by atoms with Crippen molar-refractivity contribution in [2.45, 2.75) is 0 Å². The molecule has 6 aromatic heterocycles. The van der Waals surface area contributed by atoms with Crippen LogP contribution in [0.3, 0.4) is 0 Å². The Morgan fingerprint density at radius 1 is 0.115 bits per heavy atom. The zero-order chi connectivity index (χ0) is 97.8. The first-order chi connectivity index (χ1) is 73.3. The second-order valence-corrected chi connectivity index (χ2v) is 38.5. The van der Waals surface area contributed by atoms with Gasteiger partial charge in [0.1, 0.15) is 0 Å². The van der Waals surface area contributed by atoms with Gasteiger partial charge in [-0.15, -0.1) is 0 Å². The van der Waals surface area contributed by atoms with Crippen molar-refractivity contribution in [2.75, 3.05) is 0 Å². The van der Waals surface area contributed by atoms with E-state index < -0.39 is 0 Å². The minimum Gasteiger partial charge on any atom is -0.309 e. The first kappa shape index (κ1) is 86.0. The van der Waals surface area contributed by atoms with E-state index in [0.717, 1.165) is 50.0 Å². The maximum atomic E-state index is 7.70. The fourth-order valence-corrected chi connectivity index (χ4v) is 23.1. The van der Waals surface area contributed by atoms with Gasteiger partial charge in [0.05, 0.1) is 72.8 Å². The summed E-state index contributed by atoms with van der Waals surface area (Å²) in [6, 6.07) is 199. The van der Waals surface area contributed by atoms with Gasteiger partial charge in [-0.05, 0) is 299 Å². The Morgan fingerprint density at radius 2 is 0.338 bits per heavy atom. The molecule has 0 bridgehead atoms. The predicted octanol–water partition coefficient (Wildman–Crippen LogP) is 38.2. The average Bonchev–Trinajstić information content (AvgIpc) is 1.59. The fraction of sp³-hybridized carbons (Fsp3) is 0. The molecule has 7 heteroatoms. The SMILES string of the molecule is [C-]#[N+]c1ccc2c(c1)c1cc(-c3ccc4c(c3)c3ccc(-c5cccc(-c6ccccc6)c5)cc3n4-c3ccccc3)ccc1n2-c1ccccc1.c1ccc(-c2ccc(-n3c4ccccc4c4cc(-c5ccc6c(c5)c5ccccc5n6-c5ccc6ccccc6c5)ccc43)cc2)cc1.c1ccc(-c2cccc(-n3c4ccccc4c4cc(-c5ccc6c(c5)c5ccccc5n6-c5ccc6ccccc6c5)ccc43)c2)cc1. The van der Waals surface area contributed by atoms with Crippen LogP contribution in [0.1, 0.15) is 0 Å². The number of fused-ring (bicyclic) bond motifs is 20. The third-order valence-electron chi connectivity index (χ3n) is 30.1. The fourth-order valence-electron chi connectivity index (χ4n) is 23.1. The van der Waals surface area contributed by atoms with Crippen LogP contribution in [0, 0.1) is 6.57 Å². The summed E-state index contributed by atoms with van der Waals surface area (Å²) < 4.78 is 14.3. The van der Waals surface area contributed by atoms with Crippen molar-refractivity contribution in [1.29, 1.82) is 0 Å². The van der Waals surface area contributed by atoms with Gasteiger partial charge in [-0.2, -0.15) is 0 Å². The minimum atomic E-state index is 0.645. The van der Waals surface area contributed by atoms with Crippen LogP contribution in [0.2, 0.25) is 0 Å². The largest absolute Gasteiger partial charge is 0.309 e. The highest BCUT2D eigenvalue weighted by Gasteiger charge is 2.24. The molecule has 690 valence electrons. The highest BCUT2D eigenvalue weighted by Crippen LogP contribution is 2.47. The summed E-state index contributed by atoms with van der Waals surface area (Å²) in [7, 11) is 0. The van der Waals surface area contributed by atoms with Gasteiger partial charge >= 0.3 is 0 Å². The molecular weight excluding hydrogens is 1790 g/mol. The van der Waals surface area contributed by atoms with Crippen LogP contribution in [0.5, 0.6) is 0 Å². The van der Waals surface area contributed by atoms with Crippen molar-refractivity contribution < 1.29 is 0 Å². The number of benzene rings is 24. The zero-order valence-electron chi connectivity index (χ0n) is 80.7. The molecular formula is C141H91N7. The number of nitrogens with zero attached hydrogens (tertiary/aromatic N) is 7. The molecule has 0 fully saturated rings. The molecule has 0 aliphatic rings. The van der Waals surface area contributed by atoms with E-state index in [0.29, 0.717) is 5.69 Å². The average molecular weight is 1880 g/mol. The van der Waals surface area contributed by atoms with E-state index in [1.54, 1.807) is 0 Å². The summed E-state index contributed by atoms with van der Waals surface area (Å²) in [6.45, 7) is 7.70. The lowest BCUT2D eigenvalue weighted by Gasteiger charge is -2.11. The van der Waals surface area contributed by atoms with Crippen LogP contribution < -0.4 is 0 Å². The maximum absolute atomic E-state index is 7.70. The van der Waals surface area contributed by atoms with Gasteiger partial charge in [0.2, 0.25) is 0 Å². The van der Waals surface area contributed by atoms with Crippen molar-refractivity contribution in [2.24, 2.45) is 0 Å². The topological polar surface area (TPSA) is 33.9 Å². The summed E-state index contributed by atoms with van der Waals surface area (Å²) in [5.74, 6) is 0. The van der Waals surface area contributed by atoms with E-state index >= 15 is 0 Å². The van der Waals surface area contributed by atoms with E-state index in [1.165, 1.54) is 214 Å². The quantitative estimate of drug-likeness (QED) is 0.103. The van der Waals surface area contributed by atoms with Crippen molar-refractivity contribution in [3.63, 3.8) is 0 Å². The molecule has 30 rings (SSSR count). The Labute approximate surface area is 854 Å². The molecule has 7 nitrogen and oxygen atoms in total. The molecule has 0 radical (unpaired) electrons. The Kier molecular flexibility index (Phi) is 20.9. The third kappa shape index (κ3) is 14.9.